The molecule has 2 aromatic carbocycles. The van der Waals surface area contributed by atoms with Gasteiger partial charge in [0.2, 0.25) is 0 Å². The third-order valence-corrected chi connectivity index (χ3v) is 5.19. The monoisotopic (exact) mass is 427 g/mol. The quantitative estimate of drug-likeness (QED) is 0.490. The molecule has 0 atom stereocenters. The van der Waals surface area contributed by atoms with Gasteiger partial charge in [-0.1, -0.05) is 28.1 Å². The maximum Gasteiger partial charge on any atom is 0.330 e. The second kappa shape index (κ2) is 6.35. The van der Waals surface area contributed by atoms with E-state index in [1.54, 1.807) is 25.4 Å². The predicted molar refractivity (Wildman–Crippen MR) is 107 cm³/mol. The maximum absolute atomic E-state index is 13.4. The van der Waals surface area contributed by atoms with E-state index >= 15 is 0 Å². The zero-order chi connectivity index (χ0) is 19.3. The molecule has 0 aliphatic heterocycles. The van der Waals surface area contributed by atoms with Crippen molar-refractivity contribution in [3.8, 4) is 16.9 Å². The van der Waals surface area contributed by atoms with Crippen LogP contribution in [-0.2, 0) is 14.1 Å². The number of rotatable bonds is 2. The van der Waals surface area contributed by atoms with Crippen LogP contribution in [0.5, 0.6) is 0 Å². The van der Waals surface area contributed by atoms with Gasteiger partial charge >= 0.3 is 5.69 Å². The van der Waals surface area contributed by atoms with Gasteiger partial charge in [0.05, 0.1) is 16.6 Å². The first-order valence-corrected chi connectivity index (χ1v) is 9.00. The van der Waals surface area contributed by atoms with Gasteiger partial charge in [0.15, 0.2) is 0 Å². The van der Waals surface area contributed by atoms with Crippen LogP contribution in [0.2, 0.25) is 0 Å². The van der Waals surface area contributed by atoms with Crippen molar-refractivity contribution in [2.24, 2.45) is 14.1 Å². The van der Waals surface area contributed by atoms with Gasteiger partial charge in [-0.15, -0.1) is 0 Å². The summed E-state index contributed by atoms with van der Waals surface area (Å²) in [5.41, 5.74) is 1.91. The van der Waals surface area contributed by atoms with E-state index in [4.69, 9.17) is 0 Å². The van der Waals surface area contributed by atoms with E-state index in [1.807, 2.05) is 28.8 Å². The molecule has 0 unspecified atom stereocenters. The van der Waals surface area contributed by atoms with Crippen LogP contribution in [0.15, 0.2) is 68.8 Å². The SMILES string of the molecule is Cn1c(=O)c2c(-c3ccc(Br)cc3)n(-c3ccc(F)cc3)cc2n(C)c1=O. The first-order valence-electron chi connectivity index (χ1n) is 8.21. The van der Waals surface area contributed by atoms with Gasteiger partial charge < -0.3 is 4.57 Å². The smallest absolute Gasteiger partial charge is 0.314 e. The summed E-state index contributed by atoms with van der Waals surface area (Å²) in [6, 6.07) is 13.6. The molecule has 0 bridgehead atoms. The average molecular weight is 428 g/mol. The third-order valence-electron chi connectivity index (χ3n) is 4.66. The lowest BCUT2D eigenvalue weighted by atomic mass is 10.1. The van der Waals surface area contributed by atoms with E-state index in [9.17, 15) is 14.0 Å². The topological polar surface area (TPSA) is 48.9 Å². The van der Waals surface area contributed by atoms with E-state index in [-0.39, 0.29) is 11.4 Å². The van der Waals surface area contributed by atoms with Crippen LogP contribution in [0.1, 0.15) is 0 Å². The predicted octanol–water partition coefficient (Wildman–Crippen LogP) is 3.60. The van der Waals surface area contributed by atoms with Crippen LogP contribution in [0.25, 0.3) is 27.8 Å². The van der Waals surface area contributed by atoms with Crippen molar-refractivity contribution in [2.75, 3.05) is 0 Å². The van der Waals surface area contributed by atoms with Crippen molar-refractivity contribution < 1.29 is 4.39 Å². The summed E-state index contributed by atoms with van der Waals surface area (Å²) >= 11 is 3.42. The Morgan fingerprint density at radius 2 is 1.52 bits per heavy atom. The van der Waals surface area contributed by atoms with Crippen LogP contribution in [0.4, 0.5) is 4.39 Å². The normalized spacial score (nSPS) is 11.3. The molecule has 2 heterocycles. The van der Waals surface area contributed by atoms with Crippen molar-refractivity contribution in [2.45, 2.75) is 0 Å². The lowest BCUT2D eigenvalue weighted by Crippen LogP contribution is -2.36. The fourth-order valence-electron chi connectivity index (χ4n) is 3.24. The summed E-state index contributed by atoms with van der Waals surface area (Å²) in [4.78, 5) is 25.3. The number of hydrogen-bond donors (Lipinski definition) is 0. The maximum atomic E-state index is 13.4. The molecule has 2 aromatic heterocycles. The largest absolute Gasteiger partial charge is 0.330 e. The summed E-state index contributed by atoms with van der Waals surface area (Å²) < 4.78 is 18.7. The minimum absolute atomic E-state index is 0.344. The molecule has 5 nitrogen and oxygen atoms in total. The fraction of sp³-hybridized carbons (Fsp3) is 0.100. The first-order chi connectivity index (χ1) is 12.9. The molecule has 4 rings (SSSR count). The van der Waals surface area contributed by atoms with Gasteiger partial charge in [0.1, 0.15) is 5.82 Å². The number of fused-ring (bicyclic) bond motifs is 1. The molecule has 4 aromatic rings. The summed E-state index contributed by atoms with van der Waals surface area (Å²) in [6.45, 7) is 0. The Morgan fingerprint density at radius 3 is 2.15 bits per heavy atom. The average Bonchev–Trinajstić information content (AvgIpc) is 3.06. The molecule has 0 aliphatic carbocycles. The number of benzene rings is 2. The number of aromatic nitrogens is 3. The molecule has 0 saturated heterocycles. The van der Waals surface area contributed by atoms with E-state index in [0.29, 0.717) is 22.3 Å². The van der Waals surface area contributed by atoms with Gasteiger partial charge in [-0.05, 0) is 42.0 Å². The molecule has 0 aliphatic rings. The second-order valence-electron chi connectivity index (χ2n) is 6.30. The molecule has 0 spiro atoms. The lowest BCUT2D eigenvalue weighted by molar-refractivity contribution is 0.627. The van der Waals surface area contributed by atoms with Gasteiger partial charge in [-0.25, -0.2) is 9.18 Å². The van der Waals surface area contributed by atoms with Crippen molar-refractivity contribution in [3.05, 3.63) is 85.9 Å². The van der Waals surface area contributed by atoms with Crippen LogP contribution in [0, 0.1) is 5.82 Å². The van der Waals surface area contributed by atoms with Gasteiger partial charge in [0.25, 0.3) is 5.56 Å². The Hall–Kier alpha value is -2.93. The number of hydrogen-bond acceptors (Lipinski definition) is 2. The third kappa shape index (κ3) is 2.75. The minimum atomic E-state index is -0.397. The number of halogens is 2. The standard InChI is InChI=1S/C20H15BrFN3O2/c1-23-16-11-25(15-9-7-14(22)8-10-15)18(12-3-5-13(21)6-4-12)17(16)19(26)24(2)20(23)27/h3-11H,1-2H3. The molecule has 7 heteroatoms. The molecule has 0 fully saturated rings. The van der Waals surface area contributed by atoms with Crippen molar-refractivity contribution in [1.29, 1.82) is 0 Å². The van der Waals surface area contributed by atoms with Crippen LogP contribution in [0.3, 0.4) is 0 Å². The summed E-state index contributed by atoms with van der Waals surface area (Å²) in [7, 11) is 3.09. The summed E-state index contributed by atoms with van der Waals surface area (Å²) in [6.07, 6.45) is 1.74. The molecule has 0 amide bonds. The van der Waals surface area contributed by atoms with E-state index in [1.165, 1.54) is 23.7 Å². The Morgan fingerprint density at radius 1 is 0.889 bits per heavy atom. The molecule has 27 heavy (non-hydrogen) atoms. The minimum Gasteiger partial charge on any atom is -0.314 e. The highest BCUT2D eigenvalue weighted by Crippen LogP contribution is 2.31. The highest BCUT2D eigenvalue weighted by Gasteiger charge is 2.20. The van der Waals surface area contributed by atoms with Crippen molar-refractivity contribution in [1.82, 2.24) is 13.7 Å². The molecule has 0 radical (unpaired) electrons. The zero-order valence-corrected chi connectivity index (χ0v) is 16.2. The van der Waals surface area contributed by atoms with Gasteiger partial charge in [-0.2, -0.15) is 0 Å². The van der Waals surface area contributed by atoms with E-state index < -0.39 is 5.69 Å². The molecular formula is C20H15BrFN3O2. The Labute approximate surface area is 162 Å². The Kier molecular flexibility index (Phi) is 4.11. The zero-order valence-electron chi connectivity index (χ0n) is 14.6. The fourth-order valence-corrected chi connectivity index (χ4v) is 3.50. The highest BCUT2D eigenvalue weighted by molar-refractivity contribution is 9.10. The number of nitrogens with zero attached hydrogens (tertiary/aromatic N) is 3. The first kappa shape index (κ1) is 17.5. The molecular weight excluding hydrogens is 413 g/mol. The van der Waals surface area contributed by atoms with Crippen molar-refractivity contribution >= 4 is 26.8 Å². The van der Waals surface area contributed by atoms with Crippen LogP contribution < -0.4 is 11.2 Å². The summed E-state index contributed by atoms with van der Waals surface area (Å²) in [5.74, 6) is -0.344. The highest BCUT2D eigenvalue weighted by atomic mass is 79.9. The Balaban J connectivity index is 2.18. The molecule has 0 N–H and O–H groups in total. The van der Waals surface area contributed by atoms with Crippen molar-refractivity contribution in [3.63, 3.8) is 0 Å². The van der Waals surface area contributed by atoms with Crippen LogP contribution in [-0.4, -0.2) is 13.7 Å². The Bertz CT molecular complexity index is 1280. The number of aryl methyl sites for hydroxylation is 1. The molecule has 0 saturated carbocycles. The lowest BCUT2D eigenvalue weighted by Gasteiger charge is -2.10. The van der Waals surface area contributed by atoms with Gasteiger partial charge in [-0.3, -0.25) is 13.9 Å². The van der Waals surface area contributed by atoms with E-state index in [0.717, 1.165) is 14.6 Å². The summed E-state index contributed by atoms with van der Waals surface area (Å²) in [5, 5.41) is 0.436. The van der Waals surface area contributed by atoms with Crippen LogP contribution >= 0.6 is 15.9 Å². The second-order valence-corrected chi connectivity index (χ2v) is 7.21. The van der Waals surface area contributed by atoms with E-state index in [2.05, 4.69) is 15.9 Å². The van der Waals surface area contributed by atoms with Gasteiger partial charge in [0, 0.05) is 30.5 Å². The molecule has 136 valence electrons.